The number of Topliss-reactive ketones (excluding diaryl/α,β-unsaturated/α-hetero) is 1. The standard InChI is InChI=1S/C28H23NO5/c30-26(23-15-18-8-2-4-13-22(18)34-23)24-25(21-12-5-9-17-7-1-3-11-20(17)21)29(28(32)27(24)31)16-19-10-6-14-33-19/h1-5,7-9,11-13,15,19,25,31H,6,10,14,16H2. The molecule has 2 aliphatic rings. The maximum absolute atomic E-state index is 13.8. The Labute approximate surface area is 196 Å². The number of ketones is 1. The van der Waals surface area contributed by atoms with Gasteiger partial charge in [-0.05, 0) is 41.3 Å². The van der Waals surface area contributed by atoms with Crippen molar-refractivity contribution < 1.29 is 23.8 Å². The maximum atomic E-state index is 13.8. The number of aliphatic hydroxyl groups excluding tert-OH is 1. The molecule has 3 heterocycles. The second-order valence-corrected chi connectivity index (χ2v) is 8.80. The maximum Gasteiger partial charge on any atom is 0.290 e. The molecule has 0 radical (unpaired) electrons. The van der Waals surface area contributed by atoms with Gasteiger partial charge < -0.3 is 19.2 Å². The van der Waals surface area contributed by atoms with Gasteiger partial charge in [0.15, 0.2) is 11.5 Å². The van der Waals surface area contributed by atoms with Gasteiger partial charge in [0.05, 0.1) is 17.7 Å². The number of ether oxygens (including phenoxy) is 1. The molecule has 34 heavy (non-hydrogen) atoms. The zero-order chi connectivity index (χ0) is 23.2. The van der Waals surface area contributed by atoms with Gasteiger partial charge >= 0.3 is 0 Å². The number of hydrogen-bond acceptors (Lipinski definition) is 5. The van der Waals surface area contributed by atoms with Gasteiger partial charge in [-0.2, -0.15) is 0 Å². The van der Waals surface area contributed by atoms with Crippen LogP contribution in [0.15, 0.2) is 88.5 Å². The predicted molar refractivity (Wildman–Crippen MR) is 128 cm³/mol. The molecule has 2 aliphatic heterocycles. The molecule has 1 saturated heterocycles. The Morgan fingerprint density at radius 3 is 2.56 bits per heavy atom. The number of rotatable bonds is 5. The highest BCUT2D eigenvalue weighted by atomic mass is 16.5. The highest BCUT2D eigenvalue weighted by molar-refractivity contribution is 6.16. The smallest absolute Gasteiger partial charge is 0.290 e. The van der Waals surface area contributed by atoms with Crippen LogP contribution in [-0.4, -0.2) is 41.0 Å². The molecule has 1 amide bonds. The van der Waals surface area contributed by atoms with Crippen molar-refractivity contribution in [2.45, 2.75) is 25.0 Å². The van der Waals surface area contributed by atoms with E-state index < -0.39 is 23.5 Å². The van der Waals surface area contributed by atoms with Crippen LogP contribution in [-0.2, 0) is 9.53 Å². The van der Waals surface area contributed by atoms with E-state index in [0.29, 0.717) is 18.7 Å². The van der Waals surface area contributed by atoms with Crippen LogP contribution in [0.4, 0.5) is 0 Å². The van der Waals surface area contributed by atoms with Crippen LogP contribution in [0.1, 0.15) is 35.0 Å². The van der Waals surface area contributed by atoms with Crippen LogP contribution in [0, 0.1) is 0 Å². The summed E-state index contributed by atoms with van der Waals surface area (Å²) in [5, 5.41) is 13.7. The van der Waals surface area contributed by atoms with Crippen molar-refractivity contribution in [3.63, 3.8) is 0 Å². The average Bonchev–Trinajstić information content (AvgIpc) is 3.59. The molecular formula is C28H23NO5. The van der Waals surface area contributed by atoms with Crippen LogP contribution in [0.5, 0.6) is 0 Å². The summed E-state index contributed by atoms with van der Waals surface area (Å²) >= 11 is 0. The minimum atomic E-state index is -0.747. The third-order valence-corrected chi connectivity index (χ3v) is 6.74. The largest absolute Gasteiger partial charge is 0.503 e. The lowest BCUT2D eigenvalue weighted by Gasteiger charge is -2.29. The van der Waals surface area contributed by atoms with E-state index in [-0.39, 0.29) is 17.4 Å². The molecule has 0 spiro atoms. The summed E-state index contributed by atoms with van der Waals surface area (Å²) in [6.07, 6.45) is 1.63. The van der Waals surface area contributed by atoms with E-state index >= 15 is 0 Å². The van der Waals surface area contributed by atoms with Crippen molar-refractivity contribution >= 4 is 33.4 Å². The zero-order valence-electron chi connectivity index (χ0n) is 18.4. The van der Waals surface area contributed by atoms with Gasteiger partial charge in [0.25, 0.3) is 5.91 Å². The molecule has 2 unspecified atom stereocenters. The molecular weight excluding hydrogens is 430 g/mol. The van der Waals surface area contributed by atoms with E-state index in [4.69, 9.17) is 9.15 Å². The molecule has 170 valence electrons. The lowest BCUT2D eigenvalue weighted by Crippen LogP contribution is -2.37. The number of para-hydroxylation sites is 1. The average molecular weight is 453 g/mol. The minimum absolute atomic E-state index is 0.0402. The molecule has 3 aromatic carbocycles. The second-order valence-electron chi connectivity index (χ2n) is 8.80. The van der Waals surface area contributed by atoms with Crippen molar-refractivity contribution in [1.82, 2.24) is 4.90 Å². The van der Waals surface area contributed by atoms with E-state index in [1.165, 1.54) is 0 Å². The Hall–Kier alpha value is -3.90. The fourth-order valence-corrected chi connectivity index (χ4v) is 5.12. The van der Waals surface area contributed by atoms with E-state index in [2.05, 4.69) is 0 Å². The summed E-state index contributed by atoms with van der Waals surface area (Å²) < 4.78 is 11.6. The monoisotopic (exact) mass is 453 g/mol. The van der Waals surface area contributed by atoms with Gasteiger partial charge in [-0.1, -0.05) is 60.7 Å². The number of nitrogens with zero attached hydrogens (tertiary/aromatic N) is 1. The van der Waals surface area contributed by atoms with Gasteiger partial charge in [-0.3, -0.25) is 9.59 Å². The fourth-order valence-electron chi connectivity index (χ4n) is 5.12. The molecule has 2 atom stereocenters. The lowest BCUT2D eigenvalue weighted by atomic mass is 9.91. The quantitative estimate of drug-likeness (QED) is 0.413. The molecule has 4 aromatic rings. The second kappa shape index (κ2) is 8.15. The number of amides is 1. The number of aliphatic hydroxyl groups is 1. The Balaban J connectivity index is 1.50. The van der Waals surface area contributed by atoms with Crippen molar-refractivity contribution in [2.24, 2.45) is 0 Å². The molecule has 0 bridgehead atoms. The fraction of sp³-hybridized carbons (Fsp3) is 0.214. The number of carbonyl (C=O) groups is 2. The topological polar surface area (TPSA) is 80.0 Å². The van der Waals surface area contributed by atoms with Gasteiger partial charge in [0.2, 0.25) is 5.78 Å². The zero-order valence-corrected chi connectivity index (χ0v) is 18.4. The van der Waals surface area contributed by atoms with Crippen LogP contribution >= 0.6 is 0 Å². The van der Waals surface area contributed by atoms with Gasteiger partial charge in [0.1, 0.15) is 5.58 Å². The molecule has 1 aromatic heterocycles. The SMILES string of the molecule is O=C(C1=C(O)C(=O)N(CC2CCCO2)C1c1cccc2ccccc12)c1cc2ccccc2o1. The Bertz CT molecular complexity index is 1420. The Kier molecular flexibility index (Phi) is 4.96. The van der Waals surface area contributed by atoms with E-state index in [0.717, 1.165) is 34.6 Å². The van der Waals surface area contributed by atoms with Gasteiger partial charge in [-0.25, -0.2) is 0 Å². The van der Waals surface area contributed by atoms with E-state index in [1.54, 1.807) is 17.0 Å². The predicted octanol–water partition coefficient (Wildman–Crippen LogP) is 5.34. The van der Waals surface area contributed by atoms with Crippen LogP contribution < -0.4 is 0 Å². The molecule has 1 fully saturated rings. The summed E-state index contributed by atoms with van der Waals surface area (Å²) in [5.41, 5.74) is 1.40. The van der Waals surface area contributed by atoms with Gasteiger partial charge in [-0.15, -0.1) is 0 Å². The van der Waals surface area contributed by atoms with Crippen molar-refractivity contribution in [3.05, 3.63) is 95.5 Å². The highest BCUT2D eigenvalue weighted by Gasteiger charge is 2.46. The van der Waals surface area contributed by atoms with Crippen LogP contribution in [0.25, 0.3) is 21.7 Å². The molecule has 6 nitrogen and oxygen atoms in total. The van der Waals surface area contributed by atoms with Gasteiger partial charge in [0, 0.05) is 18.5 Å². The summed E-state index contributed by atoms with van der Waals surface area (Å²) in [6.45, 7) is 0.948. The highest BCUT2D eigenvalue weighted by Crippen LogP contribution is 2.42. The summed E-state index contributed by atoms with van der Waals surface area (Å²) in [6, 6.07) is 21.9. The van der Waals surface area contributed by atoms with Crippen LogP contribution in [0.3, 0.4) is 0 Å². The lowest BCUT2D eigenvalue weighted by molar-refractivity contribution is -0.131. The third kappa shape index (κ3) is 3.30. The first-order valence-electron chi connectivity index (χ1n) is 11.5. The first-order chi connectivity index (χ1) is 16.6. The summed E-state index contributed by atoms with van der Waals surface area (Å²) in [7, 11) is 0. The Morgan fingerprint density at radius 1 is 1.00 bits per heavy atom. The van der Waals surface area contributed by atoms with E-state index in [1.807, 2.05) is 60.7 Å². The first-order valence-corrected chi connectivity index (χ1v) is 11.5. The van der Waals surface area contributed by atoms with Crippen LogP contribution in [0.2, 0.25) is 0 Å². The Morgan fingerprint density at radius 2 is 1.76 bits per heavy atom. The van der Waals surface area contributed by atoms with Crippen molar-refractivity contribution in [1.29, 1.82) is 0 Å². The third-order valence-electron chi connectivity index (χ3n) is 6.74. The molecule has 1 N–H and O–H groups in total. The van der Waals surface area contributed by atoms with E-state index in [9.17, 15) is 14.7 Å². The first kappa shape index (κ1) is 20.7. The van der Waals surface area contributed by atoms with Crippen molar-refractivity contribution in [2.75, 3.05) is 13.2 Å². The number of fused-ring (bicyclic) bond motifs is 2. The molecule has 0 saturated carbocycles. The number of furan rings is 1. The normalized spacial score (nSPS) is 20.7. The number of benzene rings is 3. The minimum Gasteiger partial charge on any atom is -0.503 e. The number of carbonyl (C=O) groups excluding carboxylic acids is 2. The number of hydrogen-bond donors (Lipinski definition) is 1. The summed E-state index contributed by atoms with van der Waals surface area (Å²) in [5.74, 6) is -1.48. The molecule has 0 aliphatic carbocycles. The van der Waals surface area contributed by atoms with Crippen molar-refractivity contribution in [3.8, 4) is 0 Å². The summed E-state index contributed by atoms with van der Waals surface area (Å²) in [4.78, 5) is 28.6. The molecule has 6 heteroatoms. The molecule has 6 rings (SSSR count).